The van der Waals surface area contributed by atoms with Crippen LogP contribution >= 0.6 is 0 Å². The van der Waals surface area contributed by atoms with Crippen LogP contribution in [0.5, 0.6) is 0 Å². The first-order valence-electron chi connectivity index (χ1n) is 9.40. The van der Waals surface area contributed by atoms with E-state index in [1.165, 1.54) is 18.2 Å². The molecule has 0 heterocycles. The Bertz CT molecular complexity index is 1470. The molecule has 32 heavy (non-hydrogen) atoms. The van der Waals surface area contributed by atoms with Crippen molar-refractivity contribution in [2.75, 3.05) is 11.5 Å². The number of hydrogen-bond donors (Lipinski definition) is 3. The van der Waals surface area contributed by atoms with Gasteiger partial charge < -0.3 is 11.5 Å². The van der Waals surface area contributed by atoms with Crippen molar-refractivity contribution in [3.05, 3.63) is 78.9 Å². The molecule has 4 aromatic carbocycles. The molecule has 160 valence electrons. The molecule has 0 bridgehead atoms. The van der Waals surface area contributed by atoms with E-state index in [4.69, 9.17) is 11.5 Å². The maximum Gasteiger partial charge on any atom is 0.295 e. The van der Waals surface area contributed by atoms with Crippen molar-refractivity contribution in [1.82, 2.24) is 0 Å². The Morgan fingerprint density at radius 1 is 0.625 bits per heavy atom. The average molecular weight is 446 g/mol. The number of hydrogen-bond acceptors (Lipinski definition) is 8. The summed E-state index contributed by atoms with van der Waals surface area (Å²) in [5.74, 6) is 0. The molecule has 4 rings (SSSR count). The molecule has 0 radical (unpaired) electrons. The lowest BCUT2D eigenvalue weighted by Crippen LogP contribution is -1.98. The molecule has 0 unspecified atom stereocenters. The fraction of sp³-hybridized carbons (Fsp3) is 0. The van der Waals surface area contributed by atoms with E-state index in [1.807, 2.05) is 18.2 Å². The number of nitrogens with zero attached hydrogens (tertiary/aromatic N) is 4. The van der Waals surface area contributed by atoms with Crippen molar-refractivity contribution in [2.45, 2.75) is 4.90 Å². The lowest BCUT2D eigenvalue weighted by atomic mass is 10.1. The largest absolute Gasteiger partial charge is 0.397 e. The predicted molar refractivity (Wildman–Crippen MR) is 124 cm³/mol. The number of fused-ring (bicyclic) bond motifs is 1. The van der Waals surface area contributed by atoms with E-state index in [0.717, 1.165) is 0 Å². The maximum absolute atomic E-state index is 11.7. The standard InChI is InChI=1S/C22H18N6O3S/c23-17-12-18(24)21(13-20(17)27-25-14-6-2-1-3-7-14)28-26-19-10-11-22(32(29,30)31)16-9-5-4-8-15(16)19/h1-13H,23-24H2,(H,29,30,31). The molecule has 0 aromatic heterocycles. The van der Waals surface area contributed by atoms with Crippen LogP contribution < -0.4 is 11.5 Å². The van der Waals surface area contributed by atoms with Crippen molar-refractivity contribution in [2.24, 2.45) is 20.5 Å². The summed E-state index contributed by atoms with van der Waals surface area (Å²) in [6, 6.07) is 21.7. The zero-order valence-electron chi connectivity index (χ0n) is 16.6. The Labute approximate surface area is 183 Å². The third-order valence-corrected chi connectivity index (χ3v) is 5.52. The minimum absolute atomic E-state index is 0.206. The van der Waals surface area contributed by atoms with E-state index in [-0.39, 0.29) is 4.90 Å². The first-order chi connectivity index (χ1) is 15.3. The molecule has 9 nitrogen and oxygen atoms in total. The molecule has 0 fully saturated rings. The molecular weight excluding hydrogens is 428 g/mol. The fourth-order valence-electron chi connectivity index (χ4n) is 3.07. The summed E-state index contributed by atoms with van der Waals surface area (Å²) in [5, 5.41) is 17.6. The molecule has 0 spiro atoms. The second-order valence-corrected chi connectivity index (χ2v) is 8.20. The van der Waals surface area contributed by atoms with Crippen LogP contribution in [0.4, 0.5) is 34.1 Å². The number of rotatable bonds is 5. The number of benzene rings is 4. The Hall–Kier alpha value is -4.15. The van der Waals surface area contributed by atoms with E-state index in [0.29, 0.717) is 44.9 Å². The van der Waals surface area contributed by atoms with Gasteiger partial charge in [0.15, 0.2) is 0 Å². The zero-order valence-corrected chi connectivity index (χ0v) is 17.4. The topological polar surface area (TPSA) is 156 Å². The fourth-order valence-corrected chi connectivity index (χ4v) is 3.76. The van der Waals surface area contributed by atoms with Crippen molar-refractivity contribution < 1.29 is 13.0 Å². The summed E-state index contributed by atoms with van der Waals surface area (Å²) in [4.78, 5) is -0.206. The van der Waals surface area contributed by atoms with Crippen molar-refractivity contribution in [1.29, 1.82) is 0 Å². The zero-order chi connectivity index (χ0) is 22.7. The van der Waals surface area contributed by atoms with E-state index >= 15 is 0 Å². The first-order valence-corrected chi connectivity index (χ1v) is 10.8. The van der Waals surface area contributed by atoms with Crippen molar-refractivity contribution >= 4 is 55.0 Å². The molecule has 0 aliphatic heterocycles. The molecule has 5 N–H and O–H groups in total. The lowest BCUT2D eigenvalue weighted by Gasteiger charge is -2.07. The van der Waals surface area contributed by atoms with Gasteiger partial charge in [0.25, 0.3) is 10.1 Å². The number of nitrogen functional groups attached to an aromatic ring is 2. The molecule has 0 aliphatic rings. The van der Waals surface area contributed by atoms with E-state index in [1.54, 1.807) is 42.5 Å². The Morgan fingerprint density at radius 3 is 1.84 bits per heavy atom. The number of anilines is 2. The highest BCUT2D eigenvalue weighted by atomic mass is 32.2. The highest BCUT2D eigenvalue weighted by molar-refractivity contribution is 7.86. The minimum atomic E-state index is -4.39. The molecule has 0 saturated carbocycles. The van der Waals surface area contributed by atoms with Crippen LogP contribution in [0.3, 0.4) is 0 Å². The van der Waals surface area contributed by atoms with Crippen molar-refractivity contribution in [3.8, 4) is 0 Å². The van der Waals surface area contributed by atoms with Crippen molar-refractivity contribution in [3.63, 3.8) is 0 Å². The third kappa shape index (κ3) is 4.46. The number of azo groups is 2. The SMILES string of the molecule is Nc1cc(N)c(N=Nc2ccc(S(=O)(=O)O)c3ccccc23)cc1N=Nc1ccccc1. The minimum Gasteiger partial charge on any atom is -0.397 e. The van der Waals surface area contributed by atoms with Gasteiger partial charge in [0.2, 0.25) is 0 Å². The van der Waals surface area contributed by atoms with Crippen LogP contribution in [-0.2, 0) is 10.1 Å². The van der Waals surface area contributed by atoms with Gasteiger partial charge in [-0.15, -0.1) is 15.3 Å². The van der Waals surface area contributed by atoms with Gasteiger partial charge in [-0.25, -0.2) is 0 Å². The summed E-state index contributed by atoms with van der Waals surface area (Å²) in [5.41, 5.74) is 14.4. The normalized spacial score (nSPS) is 12.2. The Morgan fingerprint density at radius 2 is 1.19 bits per heavy atom. The third-order valence-electron chi connectivity index (χ3n) is 4.61. The van der Waals surface area contributed by atoms with Gasteiger partial charge >= 0.3 is 0 Å². The van der Waals surface area contributed by atoms with Crippen LogP contribution in [0.1, 0.15) is 0 Å². The van der Waals surface area contributed by atoms with Gasteiger partial charge in [0.1, 0.15) is 16.3 Å². The summed E-state index contributed by atoms with van der Waals surface area (Å²) in [6.07, 6.45) is 0. The van der Waals surface area contributed by atoms with Gasteiger partial charge in [0, 0.05) is 10.8 Å². The van der Waals surface area contributed by atoms with E-state index in [2.05, 4.69) is 20.5 Å². The maximum atomic E-state index is 11.7. The average Bonchev–Trinajstić information content (AvgIpc) is 2.77. The van der Waals surface area contributed by atoms with Gasteiger partial charge in [0.05, 0.1) is 22.7 Å². The van der Waals surface area contributed by atoms with Crippen LogP contribution in [0.15, 0.2) is 104 Å². The van der Waals surface area contributed by atoms with Gasteiger partial charge in [-0.05, 0) is 36.4 Å². The van der Waals surface area contributed by atoms with Gasteiger partial charge in [-0.3, -0.25) is 4.55 Å². The molecular formula is C22H18N6O3S. The Kier molecular flexibility index (Phi) is 5.63. The summed E-state index contributed by atoms with van der Waals surface area (Å²) < 4.78 is 32.8. The second kappa shape index (κ2) is 8.53. The van der Waals surface area contributed by atoms with Crippen LogP contribution in [0, 0.1) is 0 Å². The van der Waals surface area contributed by atoms with Crippen LogP contribution in [0.25, 0.3) is 10.8 Å². The number of nitrogens with two attached hydrogens (primary N) is 2. The molecule has 10 heteroatoms. The monoisotopic (exact) mass is 446 g/mol. The lowest BCUT2D eigenvalue weighted by molar-refractivity contribution is 0.484. The molecule has 0 atom stereocenters. The van der Waals surface area contributed by atoms with Gasteiger partial charge in [-0.1, -0.05) is 42.5 Å². The summed E-state index contributed by atoms with van der Waals surface area (Å²) >= 11 is 0. The van der Waals surface area contributed by atoms with E-state index in [9.17, 15) is 13.0 Å². The smallest absolute Gasteiger partial charge is 0.295 e. The summed E-state index contributed by atoms with van der Waals surface area (Å²) in [7, 11) is -4.39. The highest BCUT2D eigenvalue weighted by Gasteiger charge is 2.15. The summed E-state index contributed by atoms with van der Waals surface area (Å²) in [6.45, 7) is 0. The van der Waals surface area contributed by atoms with Crippen LogP contribution in [0.2, 0.25) is 0 Å². The molecule has 0 aliphatic carbocycles. The first kappa shape index (κ1) is 21.1. The second-order valence-electron chi connectivity index (χ2n) is 6.81. The van der Waals surface area contributed by atoms with Crippen LogP contribution in [-0.4, -0.2) is 13.0 Å². The van der Waals surface area contributed by atoms with E-state index < -0.39 is 10.1 Å². The Balaban J connectivity index is 1.73. The molecule has 4 aromatic rings. The highest BCUT2D eigenvalue weighted by Crippen LogP contribution is 2.37. The quantitative estimate of drug-likeness (QED) is 0.192. The van der Waals surface area contributed by atoms with Gasteiger partial charge in [-0.2, -0.15) is 13.5 Å². The molecule has 0 saturated heterocycles. The predicted octanol–water partition coefficient (Wildman–Crippen LogP) is 6.08. The molecule has 0 amide bonds.